The van der Waals surface area contributed by atoms with Crippen molar-refractivity contribution in [3.63, 3.8) is 0 Å². The van der Waals surface area contributed by atoms with Crippen LogP contribution in [0, 0.1) is 13.8 Å². The molecule has 1 fully saturated rings. The smallest absolute Gasteiger partial charge is 0.350 e. The summed E-state index contributed by atoms with van der Waals surface area (Å²) in [6, 6.07) is 1.85. The summed E-state index contributed by atoms with van der Waals surface area (Å²) in [6.07, 6.45) is 5.78. The summed E-state index contributed by atoms with van der Waals surface area (Å²) >= 11 is 6.94. The highest BCUT2D eigenvalue weighted by atomic mass is 32.1. The van der Waals surface area contributed by atoms with E-state index in [1.807, 2.05) is 37.7 Å². The van der Waals surface area contributed by atoms with Gasteiger partial charge < -0.3 is 24.0 Å². The first-order chi connectivity index (χ1) is 15.0. The molecule has 0 radical (unpaired) electrons. The molecule has 31 heavy (non-hydrogen) atoms. The first-order valence-corrected chi connectivity index (χ1v) is 11.4. The van der Waals surface area contributed by atoms with Gasteiger partial charge in [-0.2, -0.15) is 0 Å². The van der Waals surface area contributed by atoms with Gasteiger partial charge in [-0.3, -0.25) is 0 Å². The summed E-state index contributed by atoms with van der Waals surface area (Å²) in [5, 5.41) is 9.74. The topological polar surface area (TPSA) is 85.4 Å². The minimum absolute atomic E-state index is 0.357. The van der Waals surface area contributed by atoms with Crippen molar-refractivity contribution in [3.05, 3.63) is 51.6 Å². The van der Waals surface area contributed by atoms with Gasteiger partial charge in [0.2, 0.25) is 0 Å². The molecule has 10 heteroatoms. The van der Waals surface area contributed by atoms with Crippen molar-refractivity contribution in [2.45, 2.75) is 39.2 Å². The fraction of sp³-hybridized carbons (Fsp3) is 0.429. The summed E-state index contributed by atoms with van der Waals surface area (Å²) in [4.78, 5) is 19.2. The molecule has 3 aromatic rings. The molecule has 0 spiro atoms. The molecule has 1 aliphatic rings. The highest BCUT2D eigenvalue weighted by Crippen LogP contribution is 2.29. The van der Waals surface area contributed by atoms with Crippen molar-refractivity contribution < 1.29 is 14.1 Å². The van der Waals surface area contributed by atoms with Crippen molar-refractivity contribution in [3.8, 4) is 0 Å². The van der Waals surface area contributed by atoms with Gasteiger partial charge in [0.15, 0.2) is 5.11 Å². The van der Waals surface area contributed by atoms with Gasteiger partial charge in [0.05, 0.1) is 25.0 Å². The largest absolute Gasteiger partial charge is 0.465 e. The molecular formula is C21H25N5O3S2. The number of nitrogens with one attached hydrogen (secondary N) is 1. The Kier molecular flexibility index (Phi) is 6.38. The van der Waals surface area contributed by atoms with Crippen LogP contribution in [0.3, 0.4) is 0 Å². The molecule has 1 N–H and O–H groups in total. The Bertz CT molecular complexity index is 1060. The summed E-state index contributed by atoms with van der Waals surface area (Å²) in [5.41, 5.74) is 2.72. The molecule has 4 heterocycles. The molecule has 1 saturated heterocycles. The zero-order chi connectivity index (χ0) is 22.0. The van der Waals surface area contributed by atoms with Crippen LogP contribution in [0.15, 0.2) is 28.4 Å². The van der Waals surface area contributed by atoms with Crippen molar-refractivity contribution in [2.75, 3.05) is 25.5 Å². The average molecular weight is 460 g/mol. The minimum atomic E-state index is -0.357. The predicted molar refractivity (Wildman–Crippen MR) is 123 cm³/mol. The summed E-state index contributed by atoms with van der Waals surface area (Å²) in [7, 11) is 1.38. The van der Waals surface area contributed by atoms with E-state index < -0.39 is 0 Å². The van der Waals surface area contributed by atoms with E-state index in [0.29, 0.717) is 28.1 Å². The van der Waals surface area contributed by atoms with E-state index in [4.69, 9.17) is 21.5 Å². The molecule has 0 atom stereocenters. The Morgan fingerprint density at radius 1 is 1.39 bits per heavy atom. The number of nitrogens with zero attached hydrogens (tertiary/aromatic N) is 4. The van der Waals surface area contributed by atoms with Gasteiger partial charge in [0.25, 0.3) is 0 Å². The van der Waals surface area contributed by atoms with Crippen LogP contribution in [-0.2, 0) is 11.3 Å². The second kappa shape index (κ2) is 9.19. The SMILES string of the molecule is COC(=O)c1sccc1NC(=S)N1CCC(c2nccn2Cc2c(C)noc2C)CC1. The van der Waals surface area contributed by atoms with Crippen molar-refractivity contribution in [1.82, 2.24) is 19.6 Å². The third kappa shape index (κ3) is 4.49. The van der Waals surface area contributed by atoms with Gasteiger partial charge in [-0.05, 0) is 50.4 Å². The number of piperidine rings is 1. The monoisotopic (exact) mass is 459 g/mol. The lowest BCUT2D eigenvalue weighted by atomic mass is 9.96. The maximum absolute atomic E-state index is 11.9. The number of aromatic nitrogens is 3. The van der Waals surface area contributed by atoms with E-state index in [2.05, 4.69) is 24.9 Å². The van der Waals surface area contributed by atoms with Gasteiger partial charge in [0, 0.05) is 37.0 Å². The van der Waals surface area contributed by atoms with Crippen LogP contribution in [0.2, 0.25) is 0 Å². The third-order valence-electron chi connectivity index (χ3n) is 5.68. The molecule has 0 aliphatic carbocycles. The number of aryl methyl sites for hydroxylation is 2. The molecule has 8 nitrogen and oxygen atoms in total. The van der Waals surface area contributed by atoms with E-state index in [9.17, 15) is 4.79 Å². The number of esters is 1. The fourth-order valence-electron chi connectivity index (χ4n) is 3.91. The first kappa shape index (κ1) is 21.5. The number of hydrogen-bond acceptors (Lipinski definition) is 7. The van der Waals surface area contributed by atoms with Crippen molar-refractivity contribution in [2.24, 2.45) is 0 Å². The zero-order valence-corrected chi connectivity index (χ0v) is 19.4. The molecule has 0 aromatic carbocycles. The third-order valence-corrected chi connectivity index (χ3v) is 6.94. The molecule has 3 aromatic heterocycles. The second-order valence-electron chi connectivity index (χ2n) is 7.56. The van der Waals surface area contributed by atoms with Crippen molar-refractivity contribution in [1.29, 1.82) is 0 Å². The normalized spacial score (nSPS) is 14.6. The summed E-state index contributed by atoms with van der Waals surface area (Å²) in [5.74, 6) is 1.94. The summed E-state index contributed by atoms with van der Waals surface area (Å²) < 4.78 is 12.3. The molecule has 0 amide bonds. The Labute approximate surface area is 190 Å². The Hall–Kier alpha value is -2.72. The number of imidazole rings is 1. The van der Waals surface area contributed by atoms with Gasteiger partial charge in [-0.1, -0.05) is 5.16 Å². The van der Waals surface area contributed by atoms with Gasteiger partial charge in [0.1, 0.15) is 16.5 Å². The molecule has 0 saturated carbocycles. The maximum Gasteiger partial charge on any atom is 0.350 e. The van der Waals surface area contributed by atoms with E-state index in [-0.39, 0.29) is 5.97 Å². The van der Waals surface area contributed by atoms with E-state index in [0.717, 1.165) is 48.8 Å². The van der Waals surface area contributed by atoms with Crippen LogP contribution < -0.4 is 5.32 Å². The number of carbonyl (C=O) groups excluding carboxylic acids is 1. The number of thiophene rings is 1. The number of methoxy groups -OCH3 is 1. The van der Waals surface area contributed by atoms with Gasteiger partial charge in [-0.15, -0.1) is 11.3 Å². The number of thiocarbonyl (C=S) groups is 1. The Morgan fingerprint density at radius 2 is 2.16 bits per heavy atom. The lowest BCUT2D eigenvalue weighted by Gasteiger charge is -2.33. The molecule has 0 bridgehead atoms. The number of hydrogen-bond donors (Lipinski definition) is 1. The minimum Gasteiger partial charge on any atom is -0.465 e. The molecule has 1 aliphatic heterocycles. The maximum atomic E-state index is 11.9. The van der Waals surface area contributed by atoms with Crippen molar-refractivity contribution >= 4 is 40.3 Å². The van der Waals surface area contributed by atoms with Crippen LogP contribution in [-0.4, -0.2) is 50.9 Å². The molecular weight excluding hydrogens is 434 g/mol. The average Bonchev–Trinajstić information content (AvgIpc) is 3.51. The highest BCUT2D eigenvalue weighted by Gasteiger charge is 2.26. The van der Waals surface area contributed by atoms with Crippen LogP contribution >= 0.6 is 23.6 Å². The standard InChI is InChI=1S/C21H25N5O3S2/c1-13-16(14(2)29-24-13)12-26-10-7-22-19(26)15-4-8-25(9-5-15)21(30)23-17-6-11-31-18(17)20(27)28-3/h6-7,10-11,15H,4-5,8-9,12H2,1-3H3,(H,23,30). The number of ether oxygens (including phenoxy) is 1. The number of rotatable bonds is 5. The molecule has 164 valence electrons. The van der Waals surface area contributed by atoms with Gasteiger partial charge >= 0.3 is 5.97 Å². The quantitative estimate of drug-likeness (QED) is 0.453. The molecule has 4 rings (SSSR count). The van der Waals surface area contributed by atoms with E-state index in [1.54, 1.807) is 0 Å². The lowest BCUT2D eigenvalue weighted by molar-refractivity contribution is 0.0607. The highest BCUT2D eigenvalue weighted by molar-refractivity contribution is 7.80. The van der Waals surface area contributed by atoms with Gasteiger partial charge in [-0.25, -0.2) is 9.78 Å². The number of anilines is 1. The Balaban J connectivity index is 1.38. The molecule has 0 unspecified atom stereocenters. The fourth-order valence-corrected chi connectivity index (χ4v) is 4.96. The summed E-state index contributed by atoms with van der Waals surface area (Å²) in [6.45, 7) is 6.27. The number of likely N-dealkylation sites (tertiary alicyclic amines) is 1. The first-order valence-electron chi connectivity index (χ1n) is 10.1. The van der Waals surface area contributed by atoms with E-state index >= 15 is 0 Å². The second-order valence-corrected chi connectivity index (χ2v) is 8.87. The van der Waals surface area contributed by atoms with E-state index in [1.165, 1.54) is 18.4 Å². The number of carbonyl (C=O) groups is 1. The Morgan fingerprint density at radius 3 is 2.84 bits per heavy atom. The van der Waals surface area contributed by atoms with Crippen LogP contribution in [0.4, 0.5) is 5.69 Å². The zero-order valence-electron chi connectivity index (χ0n) is 17.8. The predicted octanol–water partition coefficient (Wildman–Crippen LogP) is 3.96. The van der Waals surface area contributed by atoms with Crippen LogP contribution in [0.5, 0.6) is 0 Å². The lowest BCUT2D eigenvalue weighted by Crippen LogP contribution is -2.40. The van der Waals surface area contributed by atoms with Crippen LogP contribution in [0.25, 0.3) is 0 Å². The van der Waals surface area contributed by atoms with Crippen LogP contribution in [0.1, 0.15) is 51.3 Å².